The van der Waals surface area contributed by atoms with Crippen molar-refractivity contribution < 1.29 is 8.42 Å². The van der Waals surface area contributed by atoms with E-state index in [2.05, 4.69) is 14.7 Å². The second-order valence-electron chi connectivity index (χ2n) is 3.11. The molecule has 0 radical (unpaired) electrons. The SMILES string of the molecule is O=S(=O)(NCc1cncs1)c1ccc(Cl)nc1. The quantitative estimate of drug-likeness (QED) is 0.869. The molecular weight excluding hydrogens is 282 g/mol. The summed E-state index contributed by atoms with van der Waals surface area (Å²) >= 11 is 6.97. The number of pyridine rings is 1. The third-order valence-corrected chi connectivity index (χ3v) is 4.32. The summed E-state index contributed by atoms with van der Waals surface area (Å²) in [5, 5.41) is 0.256. The lowest BCUT2D eigenvalue weighted by molar-refractivity contribution is 0.581. The Bertz CT molecular complexity index is 581. The third-order valence-electron chi connectivity index (χ3n) is 1.93. The molecule has 2 aromatic rings. The Morgan fingerprint density at radius 3 is 2.76 bits per heavy atom. The second-order valence-corrected chi connectivity index (χ2v) is 6.23. The van der Waals surface area contributed by atoms with Gasteiger partial charge in [-0.15, -0.1) is 11.3 Å². The average molecular weight is 290 g/mol. The van der Waals surface area contributed by atoms with Crippen LogP contribution in [0.15, 0.2) is 34.9 Å². The molecule has 1 N–H and O–H groups in total. The average Bonchev–Trinajstić information content (AvgIpc) is 2.80. The number of nitrogens with one attached hydrogen (secondary N) is 1. The van der Waals surface area contributed by atoms with Gasteiger partial charge in [0.15, 0.2) is 0 Å². The van der Waals surface area contributed by atoms with Gasteiger partial charge in [-0.1, -0.05) is 11.6 Å². The van der Waals surface area contributed by atoms with Crippen molar-refractivity contribution in [2.75, 3.05) is 0 Å². The molecule has 0 atom stereocenters. The van der Waals surface area contributed by atoms with Crippen molar-refractivity contribution in [3.05, 3.63) is 40.1 Å². The third kappa shape index (κ3) is 3.22. The van der Waals surface area contributed by atoms with Gasteiger partial charge >= 0.3 is 0 Å². The minimum absolute atomic E-state index is 0.0893. The summed E-state index contributed by atoms with van der Waals surface area (Å²) in [5.74, 6) is 0. The van der Waals surface area contributed by atoms with Crippen LogP contribution >= 0.6 is 22.9 Å². The van der Waals surface area contributed by atoms with Crippen LogP contribution in [0.1, 0.15) is 4.88 Å². The molecule has 0 saturated heterocycles. The topological polar surface area (TPSA) is 72.0 Å². The number of rotatable bonds is 4. The van der Waals surface area contributed by atoms with E-state index in [9.17, 15) is 8.42 Å². The molecule has 0 amide bonds. The second kappa shape index (κ2) is 5.09. The molecule has 0 bridgehead atoms. The standard InChI is InChI=1S/C9H8ClN3O2S2/c10-9-2-1-8(5-12-9)17(14,15)13-4-7-3-11-6-16-7/h1-3,5-6,13H,4H2. The first-order valence-electron chi connectivity index (χ1n) is 4.56. The van der Waals surface area contributed by atoms with Gasteiger partial charge in [-0.05, 0) is 12.1 Å². The van der Waals surface area contributed by atoms with Crippen molar-refractivity contribution in [3.8, 4) is 0 Å². The largest absolute Gasteiger partial charge is 0.253 e. The number of hydrogen-bond acceptors (Lipinski definition) is 5. The molecule has 2 aromatic heterocycles. The smallest absolute Gasteiger partial charge is 0.242 e. The zero-order valence-electron chi connectivity index (χ0n) is 8.50. The van der Waals surface area contributed by atoms with Crippen molar-refractivity contribution >= 4 is 33.0 Å². The van der Waals surface area contributed by atoms with Crippen molar-refractivity contribution in [1.29, 1.82) is 0 Å². The summed E-state index contributed by atoms with van der Waals surface area (Å²) in [7, 11) is -3.55. The normalized spacial score (nSPS) is 11.6. The van der Waals surface area contributed by atoms with Crippen LogP contribution in [0.3, 0.4) is 0 Å². The molecule has 90 valence electrons. The molecule has 0 aliphatic carbocycles. The van der Waals surface area contributed by atoms with Gasteiger partial charge in [0.05, 0.1) is 5.51 Å². The van der Waals surface area contributed by atoms with Gasteiger partial charge in [0.2, 0.25) is 10.0 Å². The number of sulfonamides is 1. The minimum atomic E-state index is -3.55. The molecule has 0 aliphatic rings. The van der Waals surface area contributed by atoms with Crippen molar-refractivity contribution in [2.24, 2.45) is 0 Å². The first kappa shape index (κ1) is 12.4. The maximum atomic E-state index is 11.8. The fraction of sp³-hybridized carbons (Fsp3) is 0.111. The molecule has 8 heteroatoms. The highest BCUT2D eigenvalue weighted by atomic mass is 35.5. The van der Waals surface area contributed by atoms with Gasteiger partial charge in [-0.3, -0.25) is 4.98 Å². The van der Waals surface area contributed by atoms with Crippen molar-refractivity contribution in [3.63, 3.8) is 0 Å². The van der Waals surface area contributed by atoms with E-state index in [-0.39, 0.29) is 16.6 Å². The van der Waals surface area contributed by atoms with Gasteiger partial charge in [-0.2, -0.15) is 0 Å². The van der Waals surface area contributed by atoms with E-state index in [0.29, 0.717) is 0 Å². The molecule has 0 saturated carbocycles. The summed E-state index contributed by atoms with van der Waals surface area (Å²) in [6, 6.07) is 2.84. The Labute approximate surface area is 108 Å². The molecule has 2 heterocycles. The zero-order chi connectivity index (χ0) is 12.3. The summed E-state index contributed by atoms with van der Waals surface area (Å²) in [4.78, 5) is 8.52. The van der Waals surface area contributed by atoms with E-state index >= 15 is 0 Å². The molecule has 0 fully saturated rings. The van der Waals surface area contributed by atoms with Crippen LogP contribution in [-0.4, -0.2) is 18.4 Å². The molecule has 0 aliphatic heterocycles. The maximum Gasteiger partial charge on any atom is 0.242 e. The van der Waals surface area contributed by atoms with E-state index in [1.807, 2.05) is 0 Å². The molecule has 0 spiro atoms. The van der Waals surface area contributed by atoms with E-state index < -0.39 is 10.0 Å². The number of thiazole rings is 1. The summed E-state index contributed by atoms with van der Waals surface area (Å²) < 4.78 is 26.1. The van der Waals surface area contributed by atoms with E-state index in [4.69, 9.17) is 11.6 Å². The number of hydrogen-bond donors (Lipinski definition) is 1. The van der Waals surface area contributed by atoms with E-state index in [1.54, 1.807) is 11.7 Å². The lowest BCUT2D eigenvalue weighted by Gasteiger charge is -2.04. The lowest BCUT2D eigenvalue weighted by atomic mass is 10.5. The first-order chi connectivity index (χ1) is 8.08. The molecular formula is C9H8ClN3O2S2. The van der Waals surface area contributed by atoms with Gasteiger partial charge in [0.1, 0.15) is 10.0 Å². The fourth-order valence-electron chi connectivity index (χ4n) is 1.10. The number of aromatic nitrogens is 2. The summed E-state index contributed by atoms with van der Waals surface area (Å²) in [6.07, 6.45) is 2.84. The van der Waals surface area contributed by atoms with Crippen LogP contribution in [-0.2, 0) is 16.6 Å². The molecule has 0 aromatic carbocycles. The molecule has 0 unspecified atom stereocenters. The van der Waals surface area contributed by atoms with Crippen LogP contribution in [0.4, 0.5) is 0 Å². The Balaban J connectivity index is 2.11. The molecule has 2 rings (SSSR count). The summed E-state index contributed by atoms with van der Waals surface area (Å²) in [5.41, 5.74) is 1.65. The van der Waals surface area contributed by atoms with Gasteiger partial charge in [-0.25, -0.2) is 18.1 Å². The Morgan fingerprint density at radius 2 is 2.18 bits per heavy atom. The molecule has 17 heavy (non-hydrogen) atoms. The Morgan fingerprint density at radius 1 is 1.35 bits per heavy atom. The van der Waals surface area contributed by atoms with Crippen LogP contribution in [0.25, 0.3) is 0 Å². The van der Waals surface area contributed by atoms with E-state index in [1.165, 1.54) is 29.7 Å². The fourth-order valence-corrected chi connectivity index (χ4v) is 2.79. The Hall–Kier alpha value is -1.02. The Kier molecular flexibility index (Phi) is 3.72. The van der Waals surface area contributed by atoms with Crippen LogP contribution in [0.2, 0.25) is 5.15 Å². The van der Waals surface area contributed by atoms with Crippen LogP contribution < -0.4 is 4.72 Å². The number of halogens is 1. The highest BCUT2D eigenvalue weighted by molar-refractivity contribution is 7.89. The van der Waals surface area contributed by atoms with Gasteiger partial charge in [0, 0.05) is 23.8 Å². The lowest BCUT2D eigenvalue weighted by Crippen LogP contribution is -2.22. The zero-order valence-corrected chi connectivity index (χ0v) is 10.9. The number of nitrogens with zero attached hydrogens (tertiary/aromatic N) is 2. The van der Waals surface area contributed by atoms with Crippen LogP contribution in [0, 0.1) is 0 Å². The monoisotopic (exact) mass is 289 g/mol. The predicted molar refractivity (Wildman–Crippen MR) is 65.4 cm³/mol. The minimum Gasteiger partial charge on any atom is -0.253 e. The van der Waals surface area contributed by atoms with Crippen molar-refractivity contribution in [1.82, 2.24) is 14.7 Å². The summed E-state index contributed by atoms with van der Waals surface area (Å²) in [6.45, 7) is 0.218. The highest BCUT2D eigenvalue weighted by Crippen LogP contribution is 2.12. The highest BCUT2D eigenvalue weighted by Gasteiger charge is 2.14. The van der Waals surface area contributed by atoms with Crippen LogP contribution in [0.5, 0.6) is 0 Å². The molecule has 5 nitrogen and oxygen atoms in total. The maximum absolute atomic E-state index is 11.8. The first-order valence-corrected chi connectivity index (χ1v) is 7.30. The van der Waals surface area contributed by atoms with Crippen molar-refractivity contribution in [2.45, 2.75) is 11.4 Å². The van der Waals surface area contributed by atoms with Gasteiger partial charge in [0.25, 0.3) is 0 Å². The van der Waals surface area contributed by atoms with E-state index in [0.717, 1.165) is 4.88 Å². The van der Waals surface area contributed by atoms with Gasteiger partial charge < -0.3 is 0 Å². The predicted octanol–water partition coefficient (Wildman–Crippen LogP) is 1.67.